The van der Waals surface area contributed by atoms with Gasteiger partial charge in [0, 0.05) is 24.5 Å². The number of hydrogen-bond donors (Lipinski definition) is 1. The zero-order valence-corrected chi connectivity index (χ0v) is 17.5. The minimum absolute atomic E-state index is 0.139. The van der Waals surface area contributed by atoms with Crippen LogP contribution in [-0.4, -0.2) is 41.2 Å². The summed E-state index contributed by atoms with van der Waals surface area (Å²) in [5.41, 5.74) is 3.74. The highest BCUT2D eigenvalue weighted by Crippen LogP contribution is 2.36. The van der Waals surface area contributed by atoms with Crippen LogP contribution in [0.1, 0.15) is 37.4 Å². The number of nitrogens with one attached hydrogen (secondary N) is 1. The van der Waals surface area contributed by atoms with Crippen molar-refractivity contribution >= 4 is 22.4 Å². The molecule has 2 aromatic rings. The van der Waals surface area contributed by atoms with Crippen molar-refractivity contribution in [1.82, 2.24) is 15.3 Å². The van der Waals surface area contributed by atoms with Crippen molar-refractivity contribution in [3.8, 4) is 16.5 Å². The molecule has 0 saturated carbocycles. The number of aromatic nitrogens is 2. The third-order valence-electron chi connectivity index (χ3n) is 4.41. The van der Waals surface area contributed by atoms with Crippen LogP contribution in [0.15, 0.2) is 12.1 Å². The standard InChI is InChI=1S/C20H25N5O2S/c1-12-7-16(8-13(2)23-12)19-17(9-22-18(26)5-6-21)24-20(28-19)25-10-14(3)27-15(4)11-25/h7-8,14-15H,5,9-11H2,1-4H3,(H,22,26)/t14-,15+. The van der Waals surface area contributed by atoms with Crippen molar-refractivity contribution in [2.75, 3.05) is 18.0 Å². The summed E-state index contributed by atoms with van der Waals surface area (Å²) < 4.78 is 5.84. The molecule has 1 saturated heterocycles. The number of rotatable bonds is 5. The zero-order chi connectivity index (χ0) is 20.3. The molecule has 0 aromatic carbocycles. The third kappa shape index (κ3) is 4.86. The van der Waals surface area contributed by atoms with Crippen molar-refractivity contribution < 1.29 is 9.53 Å². The van der Waals surface area contributed by atoms with Gasteiger partial charge in [0.05, 0.1) is 35.4 Å². The number of aryl methyl sites for hydroxylation is 2. The lowest BCUT2D eigenvalue weighted by Gasteiger charge is -2.35. The van der Waals surface area contributed by atoms with E-state index >= 15 is 0 Å². The van der Waals surface area contributed by atoms with Gasteiger partial charge in [-0.1, -0.05) is 11.3 Å². The van der Waals surface area contributed by atoms with Gasteiger partial charge < -0.3 is 15.0 Å². The highest BCUT2D eigenvalue weighted by molar-refractivity contribution is 7.19. The highest BCUT2D eigenvalue weighted by Gasteiger charge is 2.26. The molecule has 1 aliphatic heterocycles. The van der Waals surface area contributed by atoms with Gasteiger partial charge in [0.25, 0.3) is 0 Å². The number of nitrogens with zero attached hydrogens (tertiary/aromatic N) is 4. The maximum Gasteiger partial charge on any atom is 0.234 e. The predicted molar refractivity (Wildman–Crippen MR) is 109 cm³/mol. The second-order valence-corrected chi connectivity index (χ2v) is 8.16. The van der Waals surface area contributed by atoms with Gasteiger partial charge in [-0.15, -0.1) is 0 Å². The summed E-state index contributed by atoms with van der Waals surface area (Å²) in [4.78, 5) is 24.3. The number of carbonyl (C=O) groups is 1. The summed E-state index contributed by atoms with van der Waals surface area (Å²) in [5.74, 6) is -0.293. The Morgan fingerprint density at radius 2 is 1.93 bits per heavy atom. The molecule has 3 heterocycles. The Hall–Kier alpha value is -2.50. The normalized spacial score (nSPS) is 19.3. The molecule has 0 spiro atoms. The molecule has 0 radical (unpaired) electrons. The minimum Gasteiger partial charge on any atom is -0.372 e. The van der Waals surface area contributed by atoms with E-state index in [1.807, 2.05) is 32.0 Å². The van der Waals surface area contributed by atoms with E-state index in [1.54, 1.807) is 11.3 Å². The molecule has 1 N–H and O–H groups in total. The fraction of sp³-hybridized carbons (Fsp3) is 0.500. The fourth-order valence-corrected chi connectivity index (χ4v) is 4.52. The number of carbonyl (C=O) groups excluding carboxylic acids is 1. The average molecular weight is 400 g/mol. The molecule has 1 amide bonds. The number of anilines is 1. The quantitative estimate of drug-likeness (QED) is 0.831. The average Bonchev–Trinajstić information content (AvgIpc) is 3.03. The highest BCUT2D eigenvalue weighted by atomic mass is 32.1. The van der Waals surface area contributed by atoms with Crippen LogP contribution in [0.25, 0.3) is 10.4 Å². The molecule has 3 rings (SSSR count). The van der Waals surface area contributed by atoms with E-state index in [0.29, 0.717) is 6.54 Å². The first-order chi connectivity index (χ1) is 13.4. The Balaban J connectivity index is 1.94. The van der Waals surface area contributed by atoms with E-state index in [1.165, 1.54) is 0 Å². The van der Waals surface area contributed by atoms with E-state index in [4.69, 9.17) is 15.0 Å². The van der Waals surface area contributed by atoms with Crippen molar-refractivity contribution in [2.45, 2.75) is 52.9 Å². The van der Waals surface area contributed by atoms with E-state index in [2.05, 4.69) is 29.0 Å². The summed E-state index contributed by atoms with van der Waals surface area (Å²) in [6.45, 7) is 9.93. The molecule has 7 nitrogen and oxygen atoms in total. The van der Waals surface area contributed by atoms with Gasteiger partial charge in [0.2, 0.25) is 5.91 Å². The van der Waals surface area contributed by atoms with Crippen LogP contribution in [0.4, 0.5) is 5.13 Å². The molecule has 8 heteroatoms. The summed E-state index contributed by atoms with van der Waals surface area (Å²) >= 11 is 1.62. The lowest BCUT2D eigenvalue weighted by Crippen LogP contribution is -2.45. The molecule has 28 heavy (non-hydrogen) atoms. The molecular weight excluding hydrogens is 374 g/mol. The van der Waals surface area contributed by atoms with Gasteiger partial charge in [0.1, 0.15) is 6.42 Å². The lowest BCUT2D eigenvalue weighted by molar-refractivity contribution is -0.120. The van der Waals surface area contributed by atoms with Crippen LogP contribution in [0.2, 0.25) is 0 Å². The van der Waals surface area contributed by atoms with Gasteiger partial charge in [-0.3, -0.25) is 9.78 Å². The molecular formula is C20H25N5O2S. The number of ether oxygens (including phenoxy) is 1. The van der Waals surface area contributed by atoms with Gasteiger partial charge in [-0.25, -0.2) is 4.98 Å². The first kappa shape index (κ1) is 20.2. The number of amides is 1. The van der Waals surface area contributed by atoms with E-state index in [-0.39, 0.29) is 24.5 Å². The molecule has 2 aromatic heterocycles. The van der Waals surface area contributed by atoms with Crippen LogP contribution in [0, 0.1) is 25.2 Å². The van der Waals surface area contributed by atoms with Gasteiger partial charge in [-0.05, 0) is 45.4 Å². The Bertz CT molecular complexity index is 874. The van der Waals surface area contributed by atoms with Gasteiger partial charge >= 0.3 is 0 Å². The molecule has 0 bridgehead atoms. The van der Waals surface area contributed by atoms with Crippen molar-refractivity contribution in [1.29, 1.82) is 5.26 Å². The monoisotopic (exact) mass is 399 g/mol. The van der Waals surface area contributed by atoms with Crippen LogP contribution < -0.4 is 10.2 Å². The SMILES string of the molecule is Cc1cc(-c2sc(N3C[C@@H](C)O[C@@H](C)C3)nc2CNC(=O)CC#N)cc(C)n1. The molecule has 1 aliphatic rings. The second-order valence-electron chi connectivity index (χ2n) is 7.18. The lowest BCUT2D eigenvalue weighted by atomic mass is 10.1. The summed E-state index contributed by atoms with van der Waals surface area (Å²) in [6, 6.07) is 5.95. The summed E-state index contributed by atoms with van der Waals surface area (Å²) in [6.07, 6.45) is 0.124. The summed E-state index contributed by atoms with van der Waals surface area (Å²) in [5, 5.41) is 12.4. The maximum atomic E-state index is 11.8. The first-order valence-corrected chi connectivity index (χ1v) is 10.2. The van der Waals surface area contributed by atoms with E-state index < -0.39 is 0 Å². The predicted octanol–water partition coefficient (Wildman–Crippen LogP) is 2.97. The van der Waals surface area contributed by atoms with Gasteiger partial charge in [0.15, 0.2) is 5.13 Å². The topological polar surface area (TPSA) is 91.1 Å². The largest absolute Gasteiger partial charge is 0.372 e. The number of pyridine rings is 1. The van der Waals surface area contributed by atoms with Crippen LogP contribution in [-0.2, 0) is 16.1 Å². The number of thiazole rings is 1. The Kier molecular flexibility index (Phi) is 6.27. The van der Waals surface area contributed by atoms with Crippen molar-refractivity contribution in [2.24, 2.45) is 0 Å². The first-order valence-electron chi connectivity index (χ1n) is 9.35. The molecule has 148 valence electrons. The van der Waals surface area contributed by atoms with Crippen molar-refractivity contribution in [3.05, 3.63) is 29.2 Å². The molecule has 2 atom stereocenters. The second kappa shape index (κ2) is 8.67. The molecule has 0 aliphatic carbocycles. The maximum absolute atomic E-state index is 11.8. The Morgan fingerprint density at radius 1 is 1.29 bits per heavy atom. The van der Waals surface area contributed by atoms with Crippen LogP contribution >= 0.6 is 11.3 Å². The number of morpholine rings is 1. The number of hydrogen-bond acceptors (Lipinski definition) is 7. The molecule has 1 fully saturated rings. The Morgan fingerprint density at radius 3 is 2.54 bits per heavy atom. The number of nitriles is 1. The smallest absolute Gasteiger partial charge is 0.234 e. The van der Waals surface area contributed by atoms with Crippen LogP contribution in [0.3, 0.4) is 0 Å². The third-order valence-corrected chi connectivity index (χ3v) is 5.62. The minimum atomic E-state index is -0.293. The van der Waals surface area contributed by atoms with E-state index in [9.17, 15) is 4.79 Å². The zero-order valence-electron chi connectivity index (χ0n) is 16.7. The van der Waals surface area contributed by atoms with Crippen LogP contribution in [0.5, 0.6) is 0 Å². The fourth-order valence-electron chi connectivity index (χ4n) is 3.44. The van der Waals surface area contributed by atoms with Crippen molar-refractivity contribution in [3.63, 3.8) is 0 Å². The Labute approximate surface area is 169 Å². The van der Waals surface area contributed by atoms with Gasteiger partial charge in [-0.2, -0.15) is 5.26 Å². The molecule has 0 unspecified atom stereocenters. The summed E-state index contributed by atoms with van der Waals surface area (Å²) in [7, 11) is 0. The van der Waals surface area contributed by atoms with E-state index in [0.717, 1.165) is 45.7 Å².